The van der Waals surface area contributed by atoms with E-state index in [1.165, 1.54) is 4.31 Å². The van der Waals surface area contributed by atoms with Crippen molar-refractivity contribution in [2.75, 3.05) is 13.1 Å². The molecule has 2 aromatic rings. The molecule has 1 aliphatic rings. The summed E-state index contributed by atoms with van der Waals surface area (Å²) in [4.78, 5) is 12.3. The van der Waals surface area contributed by atoms with Crippen LogP contribution in [0.2, 0.25) is 0 Å². The zero-order chi connectivity index (χ0) is 18.9. The number of benzene rings is 2. The summed E-state index contributed by atoms with van der Waals surface area (Å²) in [5.74, 6) is -1.05. The summed E-state index contributed by atoms with van der Waals surface area (Å²) in [6.07, 6.45) is 0.210. The summed E-state index contributed by atoms with van der Waals surface area (Å²) in [6, 6.07) is 15.8. The van der Waals surface area contributed by atoms with Crippen LogP contribution in [-0.2, 0) is 21.2 Å². The lowest BCUT2D eigenvalue weighted by atomic mass is 9.78. The molecule has 6 heteroatoms. The smallest absolute Gasteiger partial charge is 0.315 e. The van der Waals surface area contributed by atoms with Crippen molar-refractivity contribution in [3.63, 3.8) is 0 Å². The van der Waals surface area contributed by atoms with Crippen LogP contribution in [0.5, 0.6) is 0 Å². The maximum Gasteiger partial charge on any atom is 0.315 e. The Hall–Kier alpha value is -2.44. The molecule has 1 N–H and O–H groups in total. The lowest BCUT2D eigenvalue weighted by Crippen LogP contribution is -2.39. The standard InChI is InChI=1S/C20H21NO4S/c1-15-8-10-18(11-9-15)26(24,25)21-13-16(2)20(14-21,19(22)23)12-17-6-4-3-5-7-17/h3-11H,2,12-14H2,1H3,(H,22,23). The van der Waals surface area contributed by atoms with E-state index in [9.17, 15) is 18.3 Å². The van der Waals surface area contributed by atoms with E-state index in [1.54, 1.807) is 24.3 Å². The highest BCUT2D eigenvalue weighted by Gasteiger charge is 2.51. The first-order valence-corrected chi connectivity index (χ1v) is 9.72. The summed E-state index contributed by atoms with van der Waals surface area (Å²) in [7, 11) is -3.78. The van der Waals surface area contributed by atoms with Gasteiger partial charge in [0.25, 0.3) is 0 Å². The van der Waals surface area contributed by atoms with Gasteiger partial charge < -0.3 is 5.11 Å². The topological polar surface area (TPSA) is 74.7 Å². The van der Waals surface area contributed by atoms with Gasteiger partial charge in [0.15, 0.2) is 0 Å². The van der Waals surface area contributed by atoms with Crippen LogP contribution in [0.15, 0.2) is 71.6 Å². The molecule has 136 valence electrons. The maximum absolute atomic E-state index is 12.9. The van der Waals surface area contributed by atoms with Gasteiger partial charge >= 0.3 is 5.97 Å². The molecule has 0 spiro atoms. The number of carboxylic acid groups (broad SMARTS) is 1. The Kier molecular flexibility index (Phi) is 4.73. The molecular formula is C20H21NO4S. The molecule has 1 atom stereocenters. The van der Waals surface area contributed by atoms with Crippen molar-refractivity contribution in [3.8, 4) is 0 Å². The normalized spacial score (nSPS) is 21.0. The second kappa shape index (κ2) is 6.70. The van der Waals surface area contributed by atoms with Crippen LogP contribution in [0.25, 0.3) is 0 Å². The van der Waals surface area contributed by atoms with Crippen LogP contribution in [0, 0.1) is 12.3 Å². The molecule has 1 unspecified atom stereocenters. The SMILES string of the molecule is C=C1CN(S(=O)(=O)c2ccc(C)cc2)CC1(Cc1ccccc1)C(=O)O. The minimum atomic E-state index is -3.78. The van der Waals surface area contributed by atoms with E-state index in [4.69, 9.17) is 0 Å². The molecule has 3 rings (SSSR count). The number of sulfonamides is 1. The fourth-order valence-corrected chi connectivity index (χ4v) is 4.78. The molecule has 1 fully saturated rings. The summed E-state index contributed by atoms with van der Waals surface area (Å²) in [6.45, 7) is 5.68. The van der Waals surface area contributed by atoms with Gasteiger partial charge in [-0.25, -0.2) is 8.42 Å². The molecule has 0 aromatic heterocycles. The summed E-state index contributed by atoms with van der Waals surface area (Å²) in [5.41, 5.74) is 0.882. The van der Waals surface area contributed by atoms with Crippen LogP contribution in [0.3, 0.4) is 0 Å². The monoisotopic (exact) mass is 371 g/mol. The number of rotatable bonds is 5. The van der Waals surface area contributed by atoms with E-state index in [1.807, 2.05) is 37.3 Å². The molecule has 1 saturated heterocycles. The van der Waals surface area contributed by atoms with Gasteiger partial charge in [-0.15, -0.1) is 0 Å². The highest BCUT2D eigenvalue weighted by Crippen LogP contribution is 2.40. The van der Waals surface area contributed by atoms with Gasteiger partial charge in [0.2, 0.25) is 10.0 Å². The Morgan fingerprint density at radius 2 is 1.77 bits per heavy atom. The number of hydrogen-bond donors (Lipinski definition) is 1. The average Bonchev–Trinajstić information content (AvgIpc) is 2.95. The van der Waals surface area contributed by atoms with Crippen molar-refractivity contribution < 1.29 is 18.3 Å². The van der Waals surface area contributed by atoms with Crippen molar-refractivity contribution in [1.82, 2.24) is 4.31 Å². The van der Waals surface area contributed by atoms with E-state index < -0.39 is 21.4 Å². The average molecular weight is 371 g/mol. The quantitative estimate of drug-likeness (QED) is 0.820. The predicted octanol–water partition coefficient (Wildman–Crippen LogP) is 2.87. The number of aryl methyl sites for hydroxylation is 1. The zero-order valence-corrected chi connectivity index (χ0v) is 15.4. The Balaban J connectivity index is 1.94. The van der Waals surface area contributed by atoms with Gasteiger partial charge in [0.1, 0.15) is 5.41 Å². The van der Waals surface area contributed by atoms with Crippen LogP contribution in [0.4, 0.5) is 0 Å². The molecule has 0 amide bonds. The van der Waals surface area contributed by atoms with Crippen LogP contribution in [0.1, 0.15) is 11.1 Å². The number of hydrogen-bond acceptors (Lipinski definition) is 3. The molecule has 26 heavy (non-hydrogen) atoms. The third-order valence-corrected chi connectivity index (χ3v) is 6.71. The van der Waals surface area contributed by atoms with Crippen molar-refractivity contribution in [3.05, 3.63) is 77.9 Å². The Bertz CT molecular complexity index is 936. The second-order valence-corrected chi connectivity index (χ2v) is 8.68. The molecule has 2 aromatic carbocycles. The first-order chi connectivity index (χ1) is 12.3. The van der Waals surface area contributed by atoms with E-state index in [2.05, 4.69) is 6.58 Å². The summed E-state index contributed by atoms with van der Waals surface area (Å²) < 4.78 is 27.1. The molecule has 0 radical (unpaired) electrons. The Morgan fingerprint density at radius 1 is 1.15 bits per heavy atom. The molecule has 0 bridgehead atoms. The maximum atomic E-state index is 12.9. The van der Waals surface area contributed by atoms with Gasteiger partial charge in [0, 0.05) is 13.1 Å². The highest BCUT2D eigenvalue weighted by atomic mass is 32.2. The minimum absolute atomic E-state index is 0.00927. The number of nitrogens with zero attached hydrogens (tertiary/aromatic N) is 1. The first-order valence-electron chi connectivity index (χ1n) is 8.28. The number of carbonyl (C=O) groups is 1. The molecule has 0 saturated carbocycles. The van der Waals surface area contributed by atoms with Gasteiger partial charge in [-0.05, 0) is 36.6 Å². The van der Waals surface area contributed by atoms with Gasteiger partial charge in [0.05, 0.1) is 4.90 Å². The Labute approximate surface area is 153 Å². The highest BCUT2D eigenvalue weighted by molar-refractivity contribution is 7.89. The molecular weight excluding hydrogens is 350 g/mol. The minimum Gasteiger partial charge on any atom is -0.481 e. The van der Waals surface area contributed by atoms with E-state index in [0.29, 0.717) is 5.57 Å². The van der Waals surface area contributed by atoms with Crippen molar-refractivity contribution >= 4 is 16.0 Å². The van der Waals surface area contributed by atoms with Gasteiger partial charge in [-0.1, -0.05) is 54.6 Å². The number of aliphatic carboxylic acids is 1. The largest absolute Gasteiger partial charge is 0.481 e. The van der Waals surface area contributed by atoms with E-state index in [-0.39, 0.29) is 24.4 Å². The lowest BCUT2D eigenvalue weighted by Gasteiger charge is -2.25. The third-order valence-electron chi connectivity index (χ3n) is 4.91. The number of carboxylic acids is 1. The van der Waals surface area contributed by atoms with Crippen LogP contribution < -0.4 is 0 Å². The van der Waals surface area contributed by atoms with Crippen molar-refractivity contribution in [2.45, 2.75) is 18.2 Å². The first kappa shape index (κ1) is 18.4. The summed E-state index contributed by atoms with van der Waals surface area (Å²) in [5, 5.41) is 9.90. The zero-order valence-electron chi connectivity index (χ0n) is 14.6. The fraction of sp³-hybridized carbons (Fsp3) is 0.250. The lowest BCUT2D eigenvalue weighted by molar-refractivity contribution is -0.145. The Morgan fingerprint density at radius 3 is 2.35 bits per heavy atom. The molecule has 0 aliphatic carbocycles. The molecule has 1 heterocycles. The third kappa shape index (κ3) is 3.18. The second-order valence-electron chi connectivity index (χ2n) is 6.74. The van der Waals surface area contributed by atoms with Gasteiger partial charge in [-0.3, -0.25) is 4.79 Å². The van der Waals surface area contributed by atoms with Crippen LogP contribution in [-0.4, -0.2) is 36.9 Å². The predicted molar refractivity (Wildman–Crippen MR) is 99.3 cm³/mol. The van der Waals surface area contributed by atoms with Gasteiger partial charge in [-0.2, -0.15) is 4.31 Å². The fourth-order valence-electron chi connectivity index (χ4n) is 3.28. The molecule has 1 aliphatic heterocycles. The van der Waals surface area contributed by atoms with Crippen LogP contribution >= 0.6 is 0 Å². The van der Waals surface area contributed by atoms with E-state index >= 15 is 0 Å². The molecule has 5 nitrogen and oxygen atoms in total. The summed E-state index contributed by atoms with van der Waals surface area (Å²) >= 11 is 0. The van der Waals surface area contributed by atoms with Crippen molar-refractivity contribution in [1.29, 1.82) is 0 Å². The van der Waals surface area contributed by atoms with Crippen molar-refractivity contribution in [2.24, 2.45) is 5.41 Å². The van der Waals surface area contributed by atoms with E-state index in [0.717, 1.165) is 11.1 Å².